The summed E-state index contributed by atoms with van der Waals surface area (Å²) in [7, 11) is 0. The van der Waals surface area contributed by atoms with E-state index < -0.39 is 17.7 Å². The minimum absolute atomic E-state index is 0.0247. The lowest BCUT2D eigenvalue weighted by molar-refractivity contribution is -0.137. The van der Waals surface area contributed by atoms with Crippen molar-refractivity contribution in [2.24, 2.45) is 0 Å². The fraction of sp³-hybridized carbons (Fsp3) is 0.0769. The molecule has 104 valence electrons. The van der Waals surface area contributed by atoms with Crippen LogP contribution in [0.25, 0.3) is 0 Å². The second kappa shape index (κ2) is 5.54. The summed E-state index contributed by atoms with van der Waals surface area (Å²) >= 11 is 0.881. The zero-order valence-corrected chi connectivity index (χ0v) is 10.7. The average molecular weight is 299 g/mol. The summed E-state index contributed by atoms with van der Waals surface area (Å²) in [5, 5.41) is 9.11. The molecule has 2 rings (SSSR count). The first-order valence-electron chi connectivity index (χ1n) is 5.41. The number of benzene rings is 1. The third-order valence-corrected chi connectivity index (χ3v) is 3.40. The molecule has 0 aliphatic rings. The number of hydrogen-bond acceptors (Lipinski definition) is 3. The predicted octanol–water partition coefficient (Wildman–Crippen LogP) is 3.95. The minimum atomic E-state index is -4.45. The molecule has 2 aromatic rings. The Hall–Kier alpha value is -2.02. The maximum Gasteiger partial charge on any atom is 0.416 e. The molecule has 20 heavy (non-hydrogen) atoms. The van der Waals surface area contributed by atoms with E-state index in [0.717, 1.165) is 30.1 Å². The Morgan fingerprint density at radius 3 is 2.55 bits per heavy atom. The second-order valence-corrected chi connectivity index (χ2v) is 4.85. The molecule has 0 aliphatic heterocycles. The van der Waals surface area contributed by atoms with E-state index in [2.05, 4.69) is 4.98 Å². The van der Waals surface area contributed by atoms with Crippen LogP contribution in [0.15, 0.2) is 52.5 Å². The third-order valence-electron chi connectivity index (χ3n) is 2.39. The highest BCUT2D eigenvalue weighted by Crippen LogP contribution is 2.34. The first-order chi connectivity index (χ1) is 9.38. The fourth-order valence-electron chi connectivity index (χ4n) is 1.49. The second-order valence-electron chi connectivity index (χ2n) is 3.78. The molecule has 0 aliphatic carbocycles. The number of carbonyl (C=O) groups is 1. The number of nitrogens with zero attached hydrogens (tertiary/aromatic N) is 1. The quantitative estimate of drug-likeness (QED) is 0.932. The lowest BCUT2D eigenvalue weighted by Gasteiger charge is -2.08. The Bertz CT molecular complexity index is 644. The van der Waals surface area contributed by atoms with Gasteiger partial charge in [0.05, 0.1) is 11.1 Å². The van der Waals surface area contributed by atoms with Crippen LogP contribution in [0.5, 0.6) is 0 Å². The molecule has 7 heteroatoms. The number of pyridine rings is 1. The summed E-state index contributed by atoms with van der Waals surface area (Å²) in [6.07, 6.45) is -3.40. The standard InChI is InChI=1S/C13H8F3NO2S/c14-13(15,16)8-5-6-17-11(7-8)20-10-4-2-1-3-9(10)12(18)19/h1-7H,(H,18,19). The summed E-state index contributed by atoms with van der Waals surface area (Å²) in [5.74, 6) is -1.14. The van der Waals surface area contributed by atoms with Gasteiger partial charge in [-0.1, -0.05) is 23.9 Å². The first-order valence-corrected chi connectivity index (χ1v) is 6.23. The van der Waals surface area contributed by atoms with E-state index in [1.165, 1.54) is 12.1 Å². The molecule has 0 fully saturated rings. The van der Waals surface area contributed by atoms with Crippen LogP contribution < -0.4 is 0 Å². The van der Waals surface area contributed by atoms with Crippen molar-refractivity contribution in [2.75, 3.05) is 0 Å². The van der Waals surface area contributed by atoms with Gasteiger partial charge < -0.3 is 5.11 Å². The molecule has 0 spiro atoms. The highest BCUT2D eigenvalue weighted by molar-refractivity contribution is 7.99. The van der Waals surface area contributed by atoms with E-state index in [1.54, 1.807) is 12.1 Å². The van der Waals surface area contributed by atoms with E-state index in [1.807, 2.05) is 0 Å². The predicted molar refractivity (Wildman–Crippen MR) is 66.8 cm³/mol. The van der Waals surface area contributed by atoms with Crippen molar-refractivity contribution >= 4 is 17.7 Å². The largest absolute Gasteiger partial charge is 0.478 e. The Balaban J connectivity index is 2.34. The number of hydrogen-bond donors (Lipinski definition) is 1. The minimum Gasteiger partial charge on any atom is -0.478 e. The van der Waals surface area contributed by atoms with Crippen molar-refractivity contribution in [1.29, 1.82) is 0 Å². The molecule has 0 saturated heterocycles. The van der Waals surface area contributed by atoms with Crippen molar-refractivity contribution in [3.05, 3.63) is 53.7 Å². The number of carboxylic acid groups (broad SMARTS) is 1. The molecule has 1 aromatic heterocycles. The Morgan fingerprint density at radius 1 is 1.20 bits per heavy atom. The molecule has 3 nitrogen and oxygen atoms in total. The molecule has 0 saturated carbocycles. The maximum absolute atomic E-state index is 12.6. The summed E-state index contributed by atoms with van der Waals surface area (Å²) in [6.45, 7) is 0. The Labute approximate surface area is 116 Å². The van der Waals surface area contributed by atoms with E-state index in [0.29, 0.717) is 4.90 Å². The molecule has 0 radical (unpaired) electrons. The SMILES string of the molecule is O=C(O)c1ccccc1Sc1cc(C(F)(F)F)ccn1. The van der Waals surface area contributed by atoms with Gasteiger partial charge in [-0.05, 0) is 24.3 Å². The highest BCUT2D eigenvalue weighted by atomic mass is 32.2. The van der Waals surface area contributed by atoms with Gasteiger partial charge in [-0.25, -0.2) is 9.78 Å². The molecule has 1 N–H and O–H groups in total. The van der Waals surface area contributed by atoms with Gasteiger partial charge in [0.25, 0.3) is 0 Å². The summed E-state index contributed by atoms with van der Waals surface area (Å²) in [6, 6.07) is 7.83. The van der Waals surface area contributed by atoms with Crippen LogP contribution in [0.2, 0.25) is 0 Å². The van der Waals surface area contributed by atoms with Crippen LogP contribution in [-0.4, -0.2) is 16.1 Å². The number of aromatic nitrogens is 1. The van der Waals surface area contributed by atoms with Crippen LogP contribution in [-0.2, 0) is 6.18 Å². The topological polar surface area (TPSA) is 50.2 Å². The van der Waals surface area contributed by atoms with Crippen molar-refractivity contribution in [2.45, 2.75) is 16.1 Å². The smallest absolute Gasteiger partial charge is 0.416 e. The third kappa shape index (κ3) is 3.30. The number of carboxylic acids is 1. The summed E-state index contributed by atoms with van der Waals surface area (Å²) in [5.41, 5.74) is -0.792. The van der Waals surface area contributed by atoms with Crippen molar-refractivity contribution in [3.8, 4) is 0 Å². The maximum atomic E-state index is 12.6. The van der Waals surface area contributed by atoms with E-state index >= 15 is 0 Å². The number of halogens is 3. The summed E-state index contributed by atoms with van der Waals surface area (Å²) in [4.78, 5) is 15.2. The van der Waals surface area contributed by atoms with Crippen LogP contribution in [0, 0.1) is 0 Å². The van der Waals surface area contributed by atoms with E-state index in [-0.39, 0.29) is 10.6 Å². The van der Waals surface area contributed by atoms with E-state index in [9.17, 15) is 18.0 Å². The van der Waals surface area contributed by atoms with Crippen molar-refractivity contribution in [3.63, 3.8) is 0 Å². The van der Waals surface area contributed by atoms with Crippen molar-refractivity contribution < 1.29 is 23.1 Å². The summed E-state index contributed by atoms with van der Waals surface area (Å²) < 4.78 is 37.7. The molecular weight excluding hydrogens is 291 g/mol. The zero-order valence-electron chi connectivity index (χ0n) is 9.89. The molecule has 0 atom stereocenters. The number of aromatic carboxylic acids is 1. The molecular formula is C13H8F3NO2S. The molecule has 1 heterocycles. The Kier molecular flexibility index (Phi) is 3.99. The molecule has 0 bridgehead atoms. The van der Waals surface area contributed by atoms with Gasteiger partial charge in [0, 0.05) is 11.1 Å². The van der Waals surface area contributed by atoms with Crippen LogP contribution >= 0.6 is 11.8 Å². The Morgan fingerprint density at radius 2 is 1.90 bits per heavy atom. The lowest BCUT2D eigenvalue weighted by atomic mass is 10.2. The fourth-order valence-corrected chi connectivity index (χ4v) is 2.42. The number of alkyl halides is 3. The lowest BCUT2D eigenvalue weighted by Crippen LogP contribution is -2.05. The monoisotopic (exact) mass is 299 g/mol. The normalized spacial score (nSPS) is 11.3. The van der Waals surface area contributed by atoms with Crippen LogP contribution in [0.4, 0.5) is 13.2 Å². The van der Waals surface area contributed by atoms with Gasteiger partial charge >= 0.3 is 12.1 Å². The first kappa shape index (κ1) is 14.4. The average Bonchev–Trinajstić information content (AvgIpc) is 2.38. The van der Waals surface area contributed by atoms with E-state index in [4.69, 9.17) is 5.11 Å². The molecule has 1 aromatic carbocycles. The van der Waals surface area contributed by atoms with Crippen molar-refractivity contribution in [1.82, 2.24) is 4.98 Å². The van der Waals surface area contributed by atoms with Crippen LogP contribution in [0.1, 0.15) is 15.9 Å². The van der Waals surface area contributed by atoms with Gasteiger partial charge in [-0.3, -0.25) is 0 Å². The van der Waals surface area contributed by atoms with Gasteiger partial charge in [-0.2, -0.15) is 13.2 Å². The van der Waals surface area contributed by atoms with Gasteiger partial charge in [0.1, 0.15) is 5.03 Å². The number of rotatable bonds is 3. The molecule has 0 unspecified atom stereocenters. The van der Waals surface area contributed by atoms with Gasteiger partial charge in [-0.15, -0.1) is 0 Å². The van der Waals surface area contributed by atoms with Crippen LogP contribution in [0.3, 0.4) is 0 Å². The highest BCUT2D eigenvalue weighted by Gasteiger charge is 2.30. The molecule has 0 amide bonds. The van der Waals surface area contributed by atoms with Gasteiger partial charge in [0.2, 0.25) is 0 Å². The zero-order chi connectivity index (χ0) is 14.8. The van der Waals surface area contributed by atoms with Gasteiger partial charge in [0.15, 0.2) is 0 Å².